The van der Waals surface area contributed by atoms with Crippen LogP contribution in [0.15, 0.2) is 48.5 Å². The zero-order chi connectivity index (χ0) is 12.8. The van der Waals surface area contributed by atoms with E-state index in [1.165, 1.54) is 12.1 Å². The number of ether oxygens (including phenoxy) is 2. The van der Waals surface area contributed by atoms with Crippen LogP contribution in [0.5, 0.6) is 11.5 Å². The Balaban J connectivity index is 1.93. The van der Waals surface area contributed by atoms with E-state index in [4.69, 9.17) is 14.7 Å². The summed E-state index contributed by atoms with van der Waals surface area (Å²) in [5.74, 6) is 0.127. The molecule has 0 atom stereocenters. The predicted octanol–water partition coefficient (Wildman–Crippen LogP) is 3.11. The van der Waals surface area contributed by atoms with Gasteiger partial charge in [-0.15, -0.1) is 0 Å². The standard InChI is InChI=1S/C14H10FNO2/c15-13-8-11(9-16)6-7-14(13)18-10-17-12-4-2-1-3-5-12/h1-8H,10H2. The zero-order valence-electron chi connectivity index (χ0n) is 9.47. The van der Waals surface area contributed by atoms with E-state index >= 15 is 0 Å². The molecule has 0 radical (unpaired) electrons. The van der Waals surface area contributed by atoms with Crippen LogP contribution in [0.3, 0.4) is 0 Å². The van der Waals surface area contributed by atoms with E-state index in [-0.39, 0.29) is 18.1 Å². The zero-order valence-corrected chi connectivity index (χ0v) is 9.47. The van der Waals surface area contributed by atoms with E-state index in [1.54, 1.807) is 12.1 Å². The van der Waals surface area contributed by atoms with Gasteiger partial charge in [0.25, 0.3) is 0 Å². The number of benzene rings is 2. The normalized spacial score (nSPS) is 9.56. The van der Waals surface area contributed by atoms with Crippen molar-refractivity contribution in [3.05, 3.63) is 59.9 Å². The van der Waals surface area contributed by atoms with Crippen LogP contribution in [0.4, 0.5) is 4.39 Å². The van der Waals surface area contributed by atoms with E-state index < -0.39 is 5.82 Å². The highest BCUT2D eigenvalue weighted by atomic mass is 19.1. The molecular formula is C14H10FNO2. The Morgan fingerprint density at radius 2 is 1.83 bits per heavy atom. The molecule has 0 aliphatic rings. The lowest BCUT2D eigenvalue weighted by molar-refractivity contribution is 0.115. The summed E-state index contributed by atoms with van der Waals surface area (Å²) >= 11 is 0. The number of hydrogen-bond donors (Lipinski definition) is 0. The van der Waals surface area contributed by atoms with Crippen LogP contribution < -0.4 is 9.47 Å². The topological polar surface area (TPSA) is 42.2 Å². The average Bonchev–Trinajstić information content (AvgIpc) is 2.42. The van der Waals surface area contributed by atoms with Crippen molar-refractivity contribution >= 4 is 0 Å². The van der Waals surface area contributed by atoms with E-state index in [9.17, 15) is 4.39 Å². The summed E-state index contributed by atoms with van der Waals surface area (Å²) in [6, 6.07) is 14.9. The Hall–Kier alpha value is -2.54. The maximum absolute atomic E-state index is 13.4. The molecule has 0 bridgehead atoms. The second kappa shape index (κ2) is 5.69. The van der Waals surface area contributed by atoms with E-state index in [0.717, 1.165) is 6.07 Å². The molecule has 2 rings (SSSR count). The van der Waals surface area contributed by atoms with Crippen LogP contribution in [0.1, 0.15) is 5.56 Å². The van der Waals surface area contributed by atoms with Crippen LogP contribution in [-0.2, 0) is 0 Å². The van der Waals surface area contributed by atoms with Gasteiger partial charge in [0.05, 0.1) is 11.6 Å². The van der Waals surface area contributed by atoms with E-state index in [2.05, 4.69) is 0 Å². The van der Waals surface area contributed by atoms with Crippen LogP contribution in [0.2, 0.25) is 0 Å². The highest BCUT2D eigenvalue weighted by molar-refractivity contribution is 5.35. The molecule has 0 heterocycles. The van der Waals surface area contributed by atoms with Crippen molar-refractivity contribution in [3.8, 4) is 17.6 Å². The largest absolute Gasteiger partial charge is 0.457 e. The first-order chi connectivity index (χ1) is 8.79. The molecule has 0 fully saturated rings. The molecule has 0 saturated heterocycles. The summed E-state index contributed by atoms with van der Waals surface area (Å²) in [4.78, 5) is 0. The third kappa shape index (κ3) is 2.98. The van der Waals surface area contributed by atoms with Crippen LogP contribution in [0.25, 0.3) is 0 Å². The molecule has 2 aromatic rings. The average molecular weight is 243 g/mol. The first-order valence-electron chi connectivity index (χ1n) is 5.30. The van der Waals surface area contributed by atoms with Gasteiger partial charge in [0.1, 0.15) is 5.75 Å². The molecule has 18 heavy (non-hydrogen) atoms. The highest BCUT2D eigenvalue weighted by Gasteiger charge is 2.04. The predicted molar refractivity (Wildman–Crippen MR) is 63.7 cm³/mol. The molecule has 0 aromatic heterocycles. The number of rotatable bonds is 4. The second-order valence-corrected chi connectivity index (χ2v) is 3.48. The van der Waals surface area contributed by atoms with Crippen molar-refractivity contribution in [1.29, 1.82) is 5.26 Å². The van der Waals surface area contributed by atoms with E-state index in [1.807, 2.05) is 24.3 Å². The molecule has 90 valence electrons. The molecule has 3 nitrogen and oxygen atoms in total. The van der Waals surface area contributed by atoms with E-state index in [0.29, 0.717) is 5.75 Å². The Kier molecular flexibility index (Phi) is 3.77. The number of para-hydroxylation sites is 1. The van der Waals surface area contributed by atoms with Gasteiger partial charge in [-0.05, 0) is 30.3 Å². The summed E-state index contributed by atoms with van der Waals surface area (Å²) in [5, 5.41) is 8.60. The van der Waals surface area contributed by atoms with Crippen LogP contribution in [-0.4, -0.2) is 6.79 Å². The molecule has 2 aromatic carbocycles. The Morgan fingerprint density at radius 1 is 1.06 bits per heavy atom. The summed E-state index contributed by atoms with van der Waals surface area (Å²) in [6.07, 6.45) is 0. The first kappa shape index (κ1) is 11.9. The van der Waals surface area contributed by atoms with Crippen molar-refractivity contribution in [2.45, 2.75) is 0 Å². The second-order valence-electron chi connectivity index (χ2n) is 3.48. The monoisotopic (exact) mass is 243 g/mol. The maximum Gasteiger partial charge on any atom is 0.231 e. The van der Waals surface area contributed by atoms with Crippen molar-refractivity contribution in [1.82, 2.24) is 0 Å². The van der Waals surface area contributed by atoms with Gasteiger partial charge in [-0.25, -0.2) is 4.39 Å². The van der Waals surface area contributed by atoms with Gasteiger partial charge < -0.3 is 9.47 Å². The minimum absolute atomic E-state index is 0.0601. The first-order valence-corrected chi connectivity index (χ1v) is 5.30. The summed E-state index contributed by atoms with van der Waals surface area (Å²) in [6.45, 7) is -0.0904. The summed E-state index contributed by atoms with van der Waals surface area (Å²) < 4.78 is 23.8. The lowest BCUT2D eigenvalue weighted by Gasteiger charge is -2.08. The minimum Gasteiger partial charge on any atom is -0.457 e. The fourth-order valence-corrected chi connectivity index (χ4v) is 1.37. The van der Waals surface area contributed by atoms with Gasteiger partial charge in [0.15, 0.2) is 11.6 Å². The van der Waals surface area contributed by atoms with Crippen molar-refractivity contribution in [2.24, 2.45) is 0 Å². The SMILES string of the molecule is N#Cc1ccc(OCOc2ccccc2)c(F)c1. The summed E-state index contributed by atoms with van der Waals surface area (Å²) in [7, 11) is 0. The Bertz CT molecular complexity index is 564. The molecule has 0 aliphatic heterocycles. The molecular weight excluding hydrogens is 233 g/mol. The number of hydrogen-bond acceptors (Lipinski definition) is 3. The van der Waals surface area contributed by atoms with Gasteiger partial charge in [-0.3, -0.25) is 0 Å². The number of nitrogens with zero attached hydrogens (tertiary/aromatic N) is 1. The van der Waals surface area contributed by atoms with Gasteiger partial charge in [0, 0.05) is 0 Å². The highest BCUT2D eigenvalue weighted by Crippen LogP contribution is 2.18. The van der Waals surface area contributed by atoms with Gasteiger partial charge in [-0.2, -0.15) is 5.26 Å². The lowest BCUT2D eigenvalue weighted by atomic mass is 10.2. The van der Waals surface area contributed by atoms with Gasteiger partial charge >= 0.3 is 0 Å². The van der Waals surface area contributed by atoms with Crippen LogP contribution in [0, 0.1) is 17.1 Å². The quantitative estimate of drug-likeness (QED) is 0.775. The van der Waals surface area contributed by atoms with Crippen molar-refractivity contribution in [3.63, 3.8) is 0 Å². The third-order valence-electron chi connectivity index (χ3n) is 2.24. The Labute approximate surface area is 104 Å². The fourth-order valence-electron chi connectivity index (χ4n) is 1.37. The van der Waals surface area contributed by atoms with Crippen molar-refractivity contribution < 1.29 is 13.9 Å². The Morgan fingerprint density at radius 3 is 2.50 bits per heavy atom. The molecule has 0 unspecified atom stereocenters. The molecule has 4 heteroatoms. The maximum atomic E-state index is 13.4. The molecule has 0 saturated carbocycles. The number of halogens is 1. The molecule has 0 amide bonds. The number of nitriles is 1. The van der Waals surface area contributed by atoms with Crippen LogP contribution >= 0.6 is 0 Å². The fraction of sp³-hybridized carbons (Fsp3) is 0.0714. The van der Waals surface area contributed by atoms with Crippen molar-refractivity contribution in [2.75, 3.05) is 6.79 Å². The molecule has 0 spiro atoms. The smallest absolute Gasteiger partial charge is 0.231 e. The summed E-state index contributed by atoms with van der Waals surface area (Å²) in [5.41, 5.74) is 0.254. The third-order valence-corrected chi connectivity index (χ3v) is 2.24. The minimum atomic E-state index is -0.578. The molecule has 0 N–H and O–H groups in total. The van der Waals surface area contributed by atoms with Gasteiger partial charge in [-0.1, -0.05) is 18.2 Å². The lowest BCUT2D eigenvalue weighted by Crippen LogP contribution is -2.06. The molecule has 0 aliphatic carbocycles. The van der Waals surface area contributed by atoms with Gasteiger partial charge in [0.2, 0.25) is 6.79 Å².